The average molecular weight is 292 g/mol. The number of hydrogen-bond acceptors (Lipinski definition) is 4. The molecule has 2 N–H and O–H groups in total. The van der Waals surface area contributed by atoms with E-state index in [-0.39, 0.29) is 11.9 Å². The Labute approximate surface area is 126 Å². The standard InChI is InChI=1S/C16H24N2O3/c1-3-7-17-15-13-6-5-12(11-14(13)18-16(15)19)21-10-9-20-8-4-2/h5-6,11,15,17H,3-4,7-10H2,1-2H3,(H,18,19). The summed E-state index contributed by atoms with van der Waals surface area (Å²) in [6.45, 7) is 6.84. The van der Waals surface area contributed by atoms with Crippen molar-refractivity contribution in [2.75, 3.05) is 31.7 Å². The number of ether oxygens (including phenoxy) is 2. The number of hydrogen-bond donors (Lipinski definition) is 2. The van der Waals surface area contributed by atoms with E-state index in [0.29, 0.717) is 13.2 Å². The lowest BCUT2D eigenvalue weighted by atomic mass is 10.1. The van der Waals surface area contributed by atoms with Crippen molar-refractivity contribution in [3.8, 4) is 5.75 Å². The van der Waals surface area contributed by atoms with E-state index in [2.05, 4.69) is 24.5 Å². The summed E-state index contributed by atoms with van der Waals surface area (Å²) in [5.41, 5.74) is 1.82. The van der Waals surface area contributed by atoms with E-state index in [0.717, 1.165) is 43.0 Å². The fourth-order valence-electron chi connectivity index (χ4n) is 2.29. The van der Waals surface area contributed by atoms with Crippen LogP contribution in [0.1, 0.15) is 38.3 Å². The van der Waals surface area contributed by atoms with Crippen molar-refractivity contribution < 1.29 is 14.3 Å². The molecule has 5 heteroatoms. The maximum absolute atomic E-state index is 11.9. The Morgan fingerprint density at radius 1 is 1.19 bits per heavy atom. The third kappa shape index (κ3) is 4.19. The molecule has 0 saturated carbocycles. The van der Waals surface area contributed by atoms with E-state index in [1.165, 1.54) is 0 Å². The summed E-state index contributed by atoms with van der Waals surface area (Å²) in [5, 5.41) is 6.14. The Kier molecular flexibility index (Phi) is 6.02. The van der Waals surface area contributed by atoms with E-state index in [4.69, 9.17) is 9.47 Å². The molecule has 1 heterocycles. The van der Waals surface area contributed by atoms with Gasteiger partial charge >= 0.3 is 0 Å². The van der Waals surface area contributed by atoms with E-state index in [9.17, 15) is 4.79 Å². The van der Waals surface area contributed by atoms with Crippen molar-refractivity contribution in [1.29, 1.82) is 0 Å². The van der Waals surface area contributed by atoms with E-state index >= 15 is 0 Å². The van der Waals surface area contributed by atoms with Gasteiger partial charge in [0, 0.05) is 23.9 Å². The van der Waals surface area contributed by atoms with Gasteiger partial charge in [0.25, 0.3) is 0 Å². The highest BCUT2D eigenvalue weighted by Gasteiger charge is 2.29. The van der Waals surface area contributed by atoms with Crippen LogP contribution in [0.5, 0.6) is 5.75 Å². The first-order chi connectivity index (χ1) is 10.3. The van der Waals surface area contributed by atoms with Crippen molar-refractivity contribution in [3.63, 3.8) is 0 Å². The average Bonchev–Trinajstić information content (AvgIpc) is 2.79. The van der Waals surface area contributed by atoms with Crippen LogP contribution in [0.4, 0.5) is 5.69 Å². The monoisotopic (exact) mass is 292 g/mol. The summed E-state index contributed by atoms with van der Waals surface area (Å²) in [7, 11) is 0. The van der Waals surface area contributed by atoms with Crippen LogP contribution in [-0.2, 0) is 9.53 Å². The Balaban J connectivity index is 1.91. The first-order valence-corrected chi connectivity index (χ1v) is 7.65. The number of anilines is 1. The molecule has 1 aliphatic rings. The van der Waals surface area contributed by atoms with Gasteiger partial charge in [-0.25, -0.2) is 0 Å². The Bertz CT molecular complexity index is 477. The molecule has 21 heavy (non-hydrogen) atoms. The second-order valence-electron chi connectivity index (χ2n) is 5.09. The summed E-state index contributed by atoms with van der Waals surface area (Å²) in [5.74, 6) is 0.757. The largest absolute Gasteiger partial charge is 0.491 e. The minimum Gasteiger partial charge on any atom is -0.491 e. The lowest BCUT2D eigenvalue weighted by Gasteiger charge is -2.11. The molecule has 1 unspecified atom stereocenters. The van der Waals surface area contributed by atoms with Crippen LogP contribution in [0, 0.1) is 0 Å². The van der Waals surface area contributed by atoms with Crippen LogP contribution >= 0.6 is 0 Å². The van der Waals surface area contributed by atoms with Gasteiger partial charge in [-0.15, -0.1) is 0 Å². The molecule has 5 nitrogen and oxygen atoms in total. The van der Waals surface area contributed by atoms with Gasteiger partial charge in [-0.05, 0) is 25.5 Å². The highest BCUT2D eigenvalue weighted by Crippen LogP contribution is 2.33. The molecule has 1 amide bonds. The van der Waals surface area contributed by atoms with E-state index in [1.807, 2.05) is 18.2 Å². The Morgan fingerprint density at radius 2 is 2.05 bits per heavy atom. The normalized spacial score (nSPS) is 16.7. The van der Waals surface area contributed by atoms with Crippen LogP contribution in [0.25, 0.3) is 0 Å². The van der Waals surface area contributed by atoms with E-state index in [1.54, 1.807) is 0 Å². The minimum absolute atomic E-state index is 0.00174. The number of carbonyl (C=O) groups is 1. The van der Waals surface area contributed by atoms with Gasteiger partial charge in [0.05, 0.1) is 6.61 Å². The SMILES string of the molecule is CCCNC1C(=O)Nc2cc(OCCOCCC)ccc21. The first kappa shape index (κ1) is 15.8. The number of benzene rings is 1. The molecule has 2 rings (SSSR count). The smallest absolute Gasteiger partial charge is 0.246 e. The molecule has 1 aromatic rings. The maximum Gasteiger partial charge on any atom is 0.246 e. The molecule has 1 aromatic carbocycles. The van der Waals surface area contributed by atoms with Crippen molar-refractivity contribution >= 4 is 11.6 Å². The van der Waals surface area contributed by atoms with Crippen LogP contribution in [0.15, 0.2) is 18.2 Å². The number of nitrogens with one attached hydrogen (secondary N) is 2. The second kappa shape index (κ2) is 8.00. The topological polar surface area (TPSA) is 59.6 Å². The third-order valence-electron chi connectivity index (χ3n) is 3.30. The van der Waals surface area contributed by atoms with Gasteiger partial charge in [0.1, 0.15) is 18.4 Å². The third-order valence-corrected chi connectivity index (χ3v) is 3.30. The fraction of sp³-hybridized carbons (Fsp3) is 0.562. The fourth-order valence-corrected chi connectivity index (χ4v) is 2.29. The molecule has 0 radical (unpaired) electrons. The summed E-state index contributed by atoms with van der Waals surface area (Å²) in [4.78, 5) is 11.9. The predicted molar refractivity (Wildman–Crippen MR) is 82.7 cm³/mol. The Morgan fingerprint density at radius 3 is 2.81 bits per heavy atom. The minimum atomic E-state index is -0.248. The summed E-state index contributed by atoms with van der Waals surface area (Å²) >= 11 is 0. The lowest BCUT2D eigenvalue weighted by molar-refractivity contribution is -0.117. The lowest BCUT2D eigenvalue weighted by Crippen LogP contribution is -2.27. The molecule has 1 aliphatic heterocycles. The van der Waals surface area contributed by atoms with Crippen molar-refractivity contribution in [3.05, 3.63) is 23.8 Å². The zero-order chi connectivity index (χ0) is 15.1. The predicted octanol–water partition coefficient (Wildman–Crippen LogP) is 2.48. The molecule has 1 atom stereocenters. The number of fused-ring (bicyclic) bond motifs is 1. The first-order valence-electron chi connectivity index (χ1n) is 7.65. The molecule has 0 spiro atoms. The number of rotatable bonds is 9. The van der Waals surface area contributed by atoms with Crippen molar-refractivity contribution in [1.82, 2.24) is 5.32 Å². The van der Waals surface area contributed by atoms with Crippen molar-refractivity contribution in [2.24, 2.45) is 0 Å². The van der Waals surface area contributed by atoms with Crippen LogP contribution in [-0.4, -0.2) is 32.3 Å². The highest BCUT2D eigenvalue weighted by atomic mass is 16.5. The van der Waals surface area contributed by atoms with Gasteiger partial charge in [-0.1, -0.05) is 19.9 Å². The van der Waals surface area contributed by atoms with Gasteiger partial charge in [-0.3, -0.25) is 4.79 Å². The molecule has 0 bridgehead atoms. The molecular formula is C16H24N2O3. The van der Waals surface area contributed by atoms with Crippen LogP contribution in [0.3, 0.4) is 0 Å². The molecule has 0 fully saturated rings. The Hall–Kier alpha value is -1.59. The van der Waals surface area contributed by atoms with Gasteiger partial charge in [0.2, 0.25) is 5.91 Å². The molecular weight excluding hydrogens is 268 g/mol. The van der Waals surface area contributed by atoms with Gasteiger partial charge in [-0.2, -0.15) is 0 Å². The zero-order valence-corrected chi connectivity index (χ0v) is 12.8. The van der Waals surface area contributed by atoms with Crippen LogP contribution in [0.2, 0.25) is 0 Å². The molecule has 0 aliphatic carbocycles. The van der Waals surface area contributed by atoms with Gasteiger partial charge in [0.15, 0.2) is 0 Å². The second-order valence-corrected chi connectivity index (χ2v) is 5.09. The number of amides is 1. The summed E-state index contributed by atoms with van der Waals surface area (Å²) < 4.78 is 11.0. The molecule has 0 saturated heterocycles. The zero-order valence-electron chi connectivity index (χ0n) is 12.8. The summed E-state index contributed by atoms with van der Waals surface area (Å²) in [6.07, 6.45) is 2.01. The van der Waals surface area contributed by atoms with Gasteiger partial charge < -0.3 is 20.1 Å². The van der Waals surface area contributed by atoms with Crippen molar-refractivity contribution in [2.45, 2.75) is 32.7 Å². The number of carbonyl (C=O) groups excluding carboxylic acids is 1. The summed E-state index contributed by atoms with van der Waals surface area (Å²) in [6, 6.07) is 5.48. The van der Waals surface area contributed by atoms with Crippen LogP contribution < -0.4 is 15.4 Å². The molecule has 0 aromatic heterocycles. The quantitative estimate of drug-likeness (QED) is 0.687. The molecule has 116 valence electrons. The highest BCUT2D eigenvalue weighted by molar-refractivity contribution is 6.02. The maximum atomic E-state index is 11.9. The van der Waals surface area contributed by atoms with E-state index < -0.39 is 0 Å².